The van der Waals surface area contributed by atoms with Gasteiger partial charge in [-0.1, -0.05) is 12.1 Å². The molecule has 3 aromatic rings. The van der Waals surface area contributed by atoms with Crippen LogP contribution in [-0.4, -0.2) is 29.0 Å². The topological polar surface area (TPSA) is 136 Å². The molecule has 0 bridgehead atoms. The molecule has 0 aliphatic rings. The van der Waals surface area contributed by atoms with Crippen molar-refractivity contribution in [2.75, 3.05) is 10.0 Å². The van der Waals surface area contributed by atoms with Gasteiger partial charge in [0.25, 0.3) is 15.7 Å². The van der Waals surface area contributed by atoms with E-state index in [-0.39, 0.29) is 11.6 Å². The molecule has 150 valence electrons. The number of carbonyl (C=O) groups excluding carboxylic acids is 1. The second-order valence-corrected chi connectivity index (χ2v) is 7.79. The maximum atomic E-state index is 12.6. The first-order valence-corrected chi connectivity index (χ1v) is 9.86. The predicted octanol–water partition coefficient (Wildman–Crippen LogP) is 2.85. The number of sulfonamides is 1. The van der Waals surface area contributed by atoms with Crippen LogP contribution in [0.5, 0.6) is 0 Å². The summed E-state index contributed by atoms with van der Waals surface area (Å²) in [7, 11) is -4.16. The highest BCUT2D eigenvalue weighted by atomic mass is 32.2. The third kappa shape index (κ3) is 4.41. The van der Waals surface area contributed by atoms with Crippen molar-refractivity contribution in [2.45, 2.75) is 18.7 Å². The van der Waals surface area contributed by atoms with Gasteiger partial charge in [-0.05, 0) is 37.3 Å². The predicted molar refractivity (Wildman–Crippen MR) is 107 cm³/mol. The summed E-state index contributed by atoms with van der Waals surface area (Å²) >= 11 is 0. The Kier molecular flexibility index (Phi) is 5.33. The first-order valence-electron chi connectivity index (χ1n) is 8.38. The summed E-state index contributed by atoms with van der Waals surface area (Å²) in [6.07, 6.45) is 0. The molecule has 3 rings (SSSR count). The molecular weight excluding hydrogens is 398 g/mol. The van der Waals surface area contributed by atoms with Crippen molar-refractivity contribution in [3.8, 4) is 5.69 Å². The minimum Gasteiger partial charge on any atom is -0.311 e. The Morgan fingerprint density at radius 3 is 2.41 bits per heavy atom. The van der Waals surface area contributed by atoms with E-state index in [1.54, 1.807) is 25.1 Å². The normalized spacial score (nSPS) is 11.1. The van der Waals surface area contributed by atoms with Gasteiger partial charge in [-0.3, -0.25) is 19.6 Å². The fraction of sp³-hybridized carbons (Fsp3) is 0.111. The van der Waals surface area contributed by atoms with E-state index in [1.165, 1.54) is 41.9 Å². The summed E-state index contributed by atoms with van der Waals surface area (Å²) in [4.78, 5) is 21.3. The molecule has 0 aliphatic heterocycles. The fourth-order valence-corrected chi connectivity index (χ4v) is 3.91. The van der Waals surface area contributed by atoms with Gasteiger partial charge in [-0.15, -0.1) is 0 Å². The van der Waals surface area contributed by atoms with Crippen molar-refractivity contribution >= 4 is 33.1 Å². The number of para-hydroxylation sites is 1. The van der Waals surface area contributed by atoms with Crippen LogP contribution < -0.4 is 10.0 Å². The van der Waals surface area contributed by atoms with Crippen LogP contribution in [0.25, 0.3) is 5.69 Å². The first-order chi connectivity index (χ1) is 13.7. The van der Waals surface area contributed by atoms with Crippen LogP contribution >= 0.6 is 0 Å². The number of aromatic nitrogens is 2. The lowest BCUT2D eigenvalue weighted by atomic mass is 10.3. The Balaban J connectivity index is 1.89. The van der Waals surface area contributed by atoms with E-state index in [0.29, 0.717) is 17.2 Å². The lowest BCUT2D eigenvalue weighted by Gasteiger charge is -2.11. The minimum atomic E-state index is -4.16. The van der Waals surface area contributed by atoms with Gasteiger partial charge in [0, 0.05) is 24.7 Å². The van der Waals surface area contributed by atoms with Gasteiger partial charge >= 0.3 is 0 Å². The number of hydrogen-bond donors (Lipinski definition) is 2. The molecule has 2 N–H and O–H groups in total. The van der Waals surface area contributed by atoms with E-state index in [4.69, 9.17) is 0 Å². The molecule has 1 heterocycles. The number of rotatable bonds is 6. The largest absolute Gasteiger partial charge is 0.311 e. The minimum absolute atomic E-state index is 0.219. The number of nitrogens with zero attached hydrogens (tertiary/aromatic N) is 3. The van der Waals surface area contributed by atoms with Gasteiger partial charge in [0.05, 0.1) is 16.3 Å². The third-order valence-corrected chi connectivity index (χ3v) is 5.28. The van der Waals surface area contributed by atoms with Gasteiger partial charge in [0.15, 0.2) is 4.90 Å². The highest BCUT2D eigenvalue weighted by molar-refractivity contribution is 7.92. The average molecular weight is 415 g/mol. The Hall–Kier alpha value is -3.73. The van der Waals surface area contributed by atoms with Crippen LogP contribution in [0.1, 0.15) is 12.6 Å². The Morgan fingerprint density at radius 1 is 1.14 bits per heavy atom. The highest BCUT2D eigenvalue weighted by Crippen LogP contribution is 2.26. The van der Waals surface area contributed by atoms with E-state index >= 15 is 0 Å². The number of carbonyl (C=O) groups is 1. The molecule has 10 nitrogen and oxygen atoms in total. The van der Waals surface area contributed by atoms with E-state index in [0.717, 1.165) is 6.07 Å². The van der Waals surface area contributed by atoms with Crippen LogP contribution in [0.3, 0.4) is 0 Å². The molecule has 0 atom stereocenters. The Morgan fingerprint density at radius 2 is 1.79 bits per heavy atom. The van der Waals surface area contributed by atoms with E-state index in [9.17, 15) is 23.3 Å². The lowest BCUT2D eigenvalue weighted by molar-refractivity contribution is -0.387. The van der Waals surface area contributed by atoms with Gasteiger partial charge in [-0.2, -0.15) is 5.10 Å². The number of nitro benzene ring substituents is 1. The monoisotopic (exact) mass is 415 g/mol. The van der Waals surface area contributed by atoms with E-state index in [1.807, 2.05) is 0 Å². The molecule has 0 saturated carbocycles. The smallest absolute Gasteiger partial charge is 0.289 e. The number of nitro groups is 1. The van der Waals surface area contributed by atoms with Crippen molar-refractivity contribution in [3.63, 3.8) is 0 Å². The number of aryl methyl sites for hydroxylation is 1. The zero-order chi connectivity index (χ0) is 21.2. The summed E-state index contributed by atoms with van der Waals surface area (Å²) in [5.74, 6) is 0.225. The Labute approximate surface area is 166 Å². The van der Waals surface area contributed by atoms with Crippen LogP contribution in [0, 0.1) is 17.0 Å². The van der Waals surface area contributed by atoms with Crippen molar-refractivity contribution in [3.05, 3.63) is 70.4 Å². The van der Waals surface area contributed by atoms with Gasteiger partial charge in [-0.25, -0.2) is 13.1 Å². The van der Waals surface area contributed by atoms with Crippen LogP contribution in [0.15, 0.2) is 59.5 Å². The second kappa shape index (κ2) is 7.72. The second-order valence-electron chi connectivity index (χ2n) is 6.14. The molecule has 1 aromatic heterocycles. The van der Waals surface area contributed by atoms with E-state index in [2.05, 4.69) is 15.1 Å². The standard InChI is InChI=1S/C18H17N5O5S/c1-12-11-18(19-13(2)24)22(20-12)15-9-7-14(8-10-15)21-29(27,28)17-6-4-3-5-16(17)23(25)26/h3-11,21H,1-2H3,(H,19,24). The molecule has 0 fully saturated rings. The van der Waals surface area contributed by atoms with Crippen LogP contribution in [0.4, 0.5) is 17.2 Å². The summed E-state index contributed by atoms with van der Waals surface area (Å²) in [5, 5.41) is 18.1. The van der Waals surface area contributed by atoms with Crippen molar-refractivity contribution in [2.24, 2.45) is 0 Å². The number of nitrogens with one attached hydrogen (secondary N) is 2. The van der Waals surface area contributed by atoms with E-state index < -0.39 is 25.5 Å². The SMILES string of the molecule is CC(=O)Nc1cc(C)nn1-c1ccc(NS(=O)(=O)c2ccccc2[N+](=O)[O-])cc1. The summed E-state index contributed by atoms with van der Waals surface area (Å²) < 4.78 is 29.0. The van der Waals surface area contributed by atoms with Crippen LogP contribution in [-0.2, 0) is 14.8 Å². The Bertz CT molecular complexity index is 1190. The quantitative estimate of drug-likeness (QED) is 0.469. The molecule has 0 spiro atoms. The third-order valence-electron chi connectivity index (χ3n) is 3.85. The zero-order valence-electron chi connectivity index (χ0n) is 15.5. The molecular formula is C18H17N5O5S. The summed E-state index contributed by atoms with van der Waals surface area (Å²) in [5.41, 5.74) is 0.992. The maximum Gasteiger partial charge on any atom is 0.289 e. The number of anilines is 2. The van der Waals surface area contributed by atoms with Gasteiger partial charge in [0.2, 0.25) is 5.91 Å². The van der Waals surface area contributed by atoms with Crippen LogP contribution in [0.2, 0.25) is 0 Å². The molecule has 0 saturated heterocycles. The molecule has 0 unspecified atom stereocenters. The molecule has 2 aromatic carbocycles. The highest BCUT2D eigenvalue weighted by Gasteiger charge is 2.25. The molecule has 0 radical (unpaired) electrons. The molecule has 29 heavy (non-hydrogen) atoms. The van der Waals surface area contributed by atoms with Gasteiger partial charge < -0.3 is 5.32 Å². The van der Waals surface area contributed by atoms with Crippen molar-refractivity contribution in [1.82, 2.24) is 9.78 Å². The summed E-state index contributed by atoms with van der Waals surface area (Å²) in [6.45, 7) is 3.16. The fourth-order valence-electron chi connectivity index (χ4n) is 2.68. The number of amides is 1. The average Bonchev–Trinajstić information content (AvgIpc) is 3.01. The maximum absolute atomic E-state index is 12.6. The first kappa shape index (κ1) is 20.0. The number of hydrogen-bond acceptors (Lipinski definition) is 6. The van der Waals surface area contributed by atoms with Gasteiger partial charge in [0.1, 0.15) is 5.82 Å². The molecule has 1 amide bonds. The molecule has 0 aliphatic carbocycles. The summed E-state index contributed by atoms with van der Waals surface area (Å²) in [6, 6.07) is 13.0. The lowest BCUT2D eigenvalue weighted by Crippen LogP contribution is -2.15. The number of benzene rings is 2. The molecule has 11 heteroatoms. The van der Waals surface area contributed by atoms with Crippen molar-refractivity contribution < 1.29 is 18.1 Å². The van der Waals surface area contributed by atoms with Crippen molar-refractivity contribution in [1.29, 1.82) is 0 Å². The zero-order valence-corrected chi connectivity index (χ0v) is 16.3.